The minimum atomic E-state index is -0.918. The van der Waals surface area contributed by atoms with Gasteiger partial charge in [-0.15, -0.1) is 0 Å². The Bertz CT molecular complexity index is 3710. The fraction of sp³-hybridized carbons (Fsp3) is 0.493. The lowest BCUT2D eigenvalue weighted by molar-refractivity contribution is -0.154. The number of fused-ring (bicyclic) bond motifs is 8. The molecule has 4 atom stereocenters. The van der Waals surface area contributed by atoms with Crippen molar-refractivity contribution in [3.05, 3.63) is 111 Å². The number of pyridine rings is 2. The van der Waals surface area contributed by atoms with Gasteiger partial charge in [0.05, 0.1) is 42.6 Å². The fourth-order valence-corrected chi connectivity index (χ4v) is 13.0. The highest BCUT2D eigenvalue weighted by atomic mass is 16.7. The summed E-state index contributed by atoms with van der Waals surface area (Å²) < 4.78 is 30.2. The summed E-state index contributed by atoms with van der Waals surface area (Å²) in [6.07, 6.45) is 9.11. The number of ketones is 2. The van der Waals surface area contributed by atoms with Crippen molar-refractivity contribution in [3.63, 3.8) is 0 Å². The Hall–Kier alpha value is -8.63. The van der Waals surface area contributed by atoms with Crippen LogP contribution in [0.4, 0.5) is 15.3 Å². The van der Waals surface area contributed by atoms with Crippen LogP contribution in [0.5, 0.6) is 17.2 Å². The van der Waals surface area contributed by atoms with Gasteiger partial charge in [0, 0.05) is 112 Å². The molecule has 3 aliphatic rings. The number of carbonyl (C=O) groups is 7. The number of aliphatic hydroxyl groups is 1. The number of nitrogens with two attached hydrogens (primary N) is 1. The topological polar surface area (TPSA) is 289 Å². The standard InChI is InChI=1S/C69H86N8O14/c1-41(2)64(74-62(81)23-22-51(79)15-8-7-9-25-76-49-13-10-14-50(76)33-52(32-49)91-63(82)31-47-28-42(3)16-19-46(47)38-78)58(80)30-45(12-11-24-71-68(70)85)66(83)73-48-20-17-44(18-21-48)39-88-69(86)75(5)26-27-77-65-55-35-60-61(90-40-89-60)36-57(55)72-37-56(65)53-29-43(4)59(87-6)34-54(53)67(77)84/h16-21,28-29,34-37,41,45,49-50,52,64,78H,7-15,22-27,30-33,38-40H2,1-6H3,(H,73,83)(H,74,81)(H3,70,71,85)/t45-,49?,50?,52?,64+/m1/s1. The van der Waals surface area contributed by atoms with Crippen LogP contribution in [0.15, 0.2) is 77.7 Å². The van der Waals surface area contributed by atoms with Crippen LogP contribution in [0.2, 0.25) is 0 Å². The maximum atomic E-state index is 14.4. The number of carbonyl (C=O) groups excluding carboxylic acids is 7. The number of esters is 1. The van der Waals surface area contributed by atoms with Gasteiger partial charge in [0.2, 0.25) is 18.6 Å². The molecule has 2 saturated heterocycles. The molecule has 0 radical (unpaired) electrons. The van der Waals surface area contributed by atoms with Crippen molar-refractivity contribution in [1.29, 1.82) is 0 Å². The van der Waals surface area contributed by atoms with Crippen LogP contribution in [-0.4, -0.2) is 131 Å². The van der Waals surface area contributed by atoms with Crippen LogP contribution in [0, 0.1) is 25.7 Å². The maximum Gasteiger partial charge on any atom is 0.409 e. The van der Waals surface area contributed by atoms with E-state index in [1.807, 2.05) is 44.2 Å². The number of hydrogen-bond acceptors (Lipinski definition) is 16. The first kappa shape index (κ1) is 66.8. The number of amides is 5. The van der Waals surface area contributed by atoms with Crippen molar-refractivity contribution in [2.45, 2.75) is 168 Å². The third-order valence-corrected chi connectivity index (χ3v) is 17.9. The van der Waals surface area contributed by atoms with Crippen LogP contribution >= 0.6 is 0 Å². The van der Waals surface area contributed by atoms with Gasteiger partial charge in [-0.3, -0.25) is 38.7 Å². The number of anilines is 1. The van der Waals surface area contributed by atoms with Crippen LogP contribution in [0.3, 0.4) is 0 Å². The Balaban J connectivity index is 0.719. The van der Waals surface area contributed by atoms with E-state index < -0.39 is 35.9 Å². The van der Waals surface area contributed by atoms with Crippen molar-refractivity contribution < 1.29 is 62.4 Å². The quantitative estimate of drug-likeness (QED) is 0.0160. The number of urea groups is 1. The number of aromatic nitrogens is 2. The predicted molar refractivity (Wildman–Crippen MR) is 344 cm³/mol. The van der Waals surface area contributed by atoms with Crippen LogP contribution in [0.1, 0.15) is 132 Å². The number of unbranched alkanes of at least 4 members (excludes halogenated alkanes) is 2. The lowest BCUT2D eigenvalue weighted by Crippen LogP contribution is -2.54. The molecule has 91 heavy (non-hydrogen) atoms. The number of hydrogen-bond donors (Lipinski definition) is 5. The Labute approximate surface area is 529 Å². The normalized spacial score (nSPS) is 16.7. The van der Waals surface area contributed by atoms with E-state index in [2.05, 4.69) is 20.9 Å². The molecule has 0 aliphatic carbocycles. The molecule has 2 unspecified atom stereocenters. The van der Waals surface area contributed by atoms with E-state index in [9.17, 15) is 43.5 Å². The largest absolute Gasteiger partial charge is 0.496 e. The molecule has 5 amide bonds. The fourth-order valence-electron chi connectivity index (χ4n) is 13.0. The number of piperidine rings is 2. The minimum absolute atomic E-state index is 0.0276. The zero-order valence-corrected chi connectivity index (χ0v) is 53.1. The zero-order valence-electron chi connectivity index (χ0n) is 53.1. The Morgan fingerprint density at radius 2 is 1.58 bits per heavy atom. The summed E-state index contributed by atoms with van der Waals surface area (Å²) in [5, 5.41) is 20.6. The maximum absolute atomic E-state index is 14.4. The van der Waals surface area contributed by atoms with Crippen molar-refractivity contribution >= 4 is 79.7 Å². The number of aryl methyl sites for hydroxylation is 2. The number of rotatable bonds is 30. The SMILES string of the molecule is COc1cc2c(=O)n(CCN(C)C(=O)OCc3ccc(NC(=O)[C@H](CCCNC(N)=O)CC(=O)[C@@H](NC(=O)CCC(=O)CCCCCN4C5CCCC4CC(OC(=O)Cc4cc(C)ccc4CO)C5)C(C)C)cc3)c3c4cc5c(cc4ncc3c2cc1C)OCO5. The van der Waals surface area contributed by atoms with E-state index >= 15 is 0 Å². The summed E-state index contributed by atoms with van der Waals surface area (Å²) in [6, 6.07) is 18.7. The second kappa shape index (κ2) is 30.9. The number of aliphatic hydroxyl groups excluding tert-OH is 1. The van der Waals surface area contributed by atoms with E-state index in [-0.39, 0.29) is 107 Å². The van der Waals surface area contributed by atoms with Gasteiger partial charge in [-0.25, -0.2) is 9.59 Å². The summed E-state index contributed by atoms with van der Waals surface area (Å²) in [4.78, 5) is 115. The van der Waals surface area contributed by atoms with Crippen LogP contribution in [0.25, 0.3) is 32.6 Å². The van der Waals surface area contributed by atoms with Gasteiger partial charge in [-0.05, 0) is 123 Å². The molecule has 2 aromatic heterocycles. The number of benzene rings is 4. The minimum Gasteiger partial charge on any atom is -0.496 e. The summed E-state index contributed by atoms with van der Waals surface area (Å²) in [6.45, 7) is 8.61. The number of likely N-dealkylation sites (N-methyl/N-ethyl adjacent to an activating group) is 1. The Morgan fingerprint density at radius 3 is 2.30 bits per heavy atom. The first-order valence-corrected chi connectivity index (χ1v) is 31.8. The molecular formula is C69H86N8O14. The highest BCUT2D eigenvalue weighted by molar-refractivity contribution is 6.15. The Kier molecular flexibility index (Phi) is 22.7. The lowest BCUT2D eigenvalue weighted by Gasteiger charge is -2.48. The highest BCUT2D eigenvalue weighted by Crippen LogP contribution is 2.40. The van der Waals surface area contributed by atoms with Crippen LogP contribution in [-0.2, 0) is 59.6 Å². The molecule has 486 valence electrons. The van der Waals surface area contributed by atoms with E-state index in [4.69, 9.17) is 34.4 Å². The van der Waals surface area contributed by atoms with Gasteiger partial charge in [-0.1, -0.05) is 62.6 Å². The molecule has 22 nitrogen and oxygen atoms in total. The summed E-state index contributed by atoms with van der Waals surface area (Å²) in [5.74, 6) is -1.04. The molecule has 3 aliphatic heterocycles. The lowest BCUT2D eigenvalue weighted by atomic mass is 9.82. The number of nitrogens with zero attached hydrogens (tertiary/aromatic N) is 4. The van der Waals surface area contributed by atoms with Crippen molar-refractivity contribution in [2.75, 3.05) is 45.9 Å². The number of ether oxygens (including phenoxy) is 5. The monoisotopic (exact) mass is 1250 g/mol. The summed E-state index contributed by atoms with van der Waals surface area (Å²) in [5.41, 5.74) is 10.7. The van der Waals surface area contributed by atoms with Gasteiger partial charge < -0.3 is 59.9 Å². The van der Waals surface area contributed by atoms with Gasteiger partial charge in [-0.2, -0.15) is 0 Å². The smallest absolute Gasteiger partial charge is 0.409 e. The van der Waals surface area contributed by atoms with Gasteiger partial charge in [0.15, 0.2) is 17.3 Å². The number of nitrogens with one attached hydrogen (secondary N) is 3. The molecule has 4 aromatic carbocycles. The van der Waals surface area contributed by atoms with E-state index in [1.54, 1.807) is 75.2 Å². The molecule has 22 heteroatoms. The molecule has 2 bridgehead atoms. The van der Waals surface area contributed by atoms with Gasteiger partial charge >= 0.3 is 18.1 Å². The number of methoxy groups -OCH3 is 1. The molecular weight excluding hydrogens is 1160 g/mol. The first-order valence-electron chi connectivity index (χ1n) is 31.8. The third kappa shape index (κ3) is 17.1. The van der Waals surface area contributed by atoms with Gasteiger partial charge in [0.1, 0.15) is 24.2 Å². The zero-order chi connectivity index (χ0) is 64.9. The highest BCUT2D eigenvalue weighted by Gasteiger charge is 2.39. The number of Topliss-reactive ketones (excluding diaryl/α,β-unsaturated/α-hetero) is 2. The first-order chi connectivity index (χ1) is 43.8. The summed E-state index contributed by atoms with van der Waals surface area (Å²) in [7, 11) is 3.13. The average Bonchev–Trinajstić information content (AvgIpc) is 1.40. The molecule has 6 aromatic rings. The van der Waals surface area contributed by atoms with Crippen molar-refractivity contribution in [1.82, 2.24) is 30.0 Å². The second-order valence-electron chi connectivity index (χ2n) is 24.8. The van der Waals surface area contributed by atoms with Crippen molar-refractivity contribution in [3.8, 4) is 17.2 Å². The molecule has 5 heterocycles. The molecule has 0 saturated carbocycles. The molecule has 2 fully saturated rings. The third-order valence-electron chi connectivity index (χ3n) is 17.9. The second-order valence-corrected chi connectivity index (χ2v) is 24.8. The molecule has 6 N–H and O–H groups in total. The molecule has 9 rings (SSSR count). The van der Waals surface area contributed by atoms with Crippen LogP contribution < -0.4 is 41.5 Å². The van der Waals surface area contributed by atoms with Crippen molar-refractivity contribution in [2.24, 2.45) is 17.6 Å². The van der Waals surface area contributed by atoms with Gasteiger partial charge in [0.25, 0.3) is 5.56 Å². The summed E-state index contributed by atoms with van der Waals surface area (Å²) >= 11 is 0. The van der Waals surface area contributed by atoms with E-state index in [1.165, 1.54) is 4.90 Å². The number of primary amides is 1. The van der Waals surface area contributed by atoms with E-state index in [0.29, 0.717) is 87.0 Å². The van der Waals surface area contributed by atoms with E-state index in [0.717, 1.165) is 79.1 Å². The average molecular weight is 1250 g/mol. The molecule has 0 spiro atoms. The predicted octanol–water partition coefficient (Wildman–Crippen LogP) is 9.00. The Morgan fingerprint density at radius 1 is 0.835 bits per heavy atom.